The smallest absolute Gasteiger partial charge is 0.294 e. The molecule has 0 bridgehead atoms. The highest BCUT2D eigenvalue weighted by Gasteiger charge is 2.37. The van der Waals surface area contributed by atoms with Crippen LogP contribution in [0.15, 0.2) is 68.4 Å². The third-order valence-electron chi connectivity index (χ3n) is 5.98. The summed E-state index contributed by atoms with van der Waals surface area (Å²) >= 11 is 4.07. The molecule has 3 amide bonds. The topological polar surface area (TPSA) is 114 Å². The highest BCUT2D eigenvalue weighted by molar-refractivity contribution is 9.10. The van der Waals surface area contributed by atoms with Gasteiger partial charge >= 0.3 is 0 Å². The lowest BCUT2D eigenvalue weighted by Gasteiger charge is -2.29. The fraction of sp³-hybridized carbons (Fsp3) is 0.160. The minimum absolute atomic E-state index is 0.0608. The number of benzene rings is 2. The van der Waals surface area contributed by atoms with Gasteiger partial charge in [0.25, 0.3) is 16.8 Å². The molecule has 11 heteroatoms. The van der Waals surface area contributed by atoms with E-state index in [0.717, 1.165) is 28.6 Å². The van der Waals surface area contributed by atoms with Gasteiger partial charge in [-0.2, -0.15) is 0 Å². The number of furan rings is 1. The van der Waals surface area contributed by atoms with Crippen molar-refractivity contribution in [3.8, 4) is 11.3 Å². The zero-order valence-electron chi connectivity index (χ0n) is 18.7. The first-order valence-corrected chi connectivity index (χ1v) is 12.5. The van der Waals surface area contributed by atoms with Gasteiger partial charge in [0, 0.05) is 41.3 Å². The van der Waals surface area contributed by atoms with Crippen LogP contribution < -0.4 is 0 Å². The number of nitrogens with zero attached hydrogens (tertiary/aromatic N) is 3. The molecule has 0 radical (unpaired) electrons. The van der Waals surface area contributed by atoms with Crippen molar-refractivity contribution in [2.24, 2.45) is 0 Å². The van der Waals surface area contributed by atoms with Gasteiger partial charge in [0.2, 0.25) is 5.91 Å². The van der Waals surface area contributed by atoms with Crippen LogP contribution in [0.5, 0.6) is 0 Å². The van der Waals surface area contributed by atoms with Gasteiger partial charge < -0.3 is 9.32 Å². The summed E-state index contributed by atoms with van der Waals surface area (Å²) in [6, 6.07) is 15.5. The van der Waals surface area contributed by atoms with Gasteiger partial charge in [-0.1, -0.05) is 24.3 Å². The van der Waals surface area contributed by atoms with Crippen molar-refractivity contribution in [1.82, 2.24) is 9.80 Å². The number of hydrogen-bond acceptors (Lipinski definition) is 7. The molecular formula is C25H18BrN3O6S. The molecule has 2 aliphatic rings. The fourth-order valence-corrected chi connectivity index (χ4v) is 5.48. The first-order chi connectivity index (χ1) is 17.3. The summed E-state index contributed by atoms with van der Waals surface area (Å²) in [4.78, 5) is 51.5. The maximum atomic E-state index is 12.9. The van der Waals surface area contributed by atoms with Crippen molar-refractivity contribution < 1.29 is 23.7 Å². The summed E-state index contributed by atoms with van der Waals surface area (Å²) in [6.45, 7) is 0.674. The second-order valence-corrected chi connectivity index (χ2v) is 10.1. The van der Waals surface area contributed by atoms with E-state index in [9.17, 15) is 24.5 Å². The van der Waals surface area contributed by atoms with E-state index in [2.05, 4.69) is 15.9 Å². The molecule has 0 aliphatic carbocycles. The quantitative estimate of drug-likeness (QED) is 0.235. The molecule has 1 fully saturated rings. The van der Waals surface area contributed by atoms with E-state index in [4.69, 9.17) is 4.42 Å². The molecule has 1 saturated heterocycles. The Morgan fingerprint density at radius 3 is 2.67 bits per heavy atom. The number of amides is 3. The molecule has 2 aliphatic heterocycles. The predicted molar refractivity (Wildman–Crippen MR) is 137 cm³/mol. The molecule has 9 nitrogen and oxygen atoms in total. The number of rotatable bonds is 5. The zero-order chi connectivity index (χ0) is 25.4. The lowest BCUT2D eigenvalue weighted by Crippen LogP contribution is -2.44. The lowest BCUT2D eigenvalue weighted by atomic mass is 10.00. The summed E-state index contributed by atoms with van der Waals surface area (Å²) < 4.78 is 6.28. The summed E-state index contributed by atoms with van der Waals surface area (Å²) in [5.74, 6) is -0.0656. The minimum Gasteiger partial charge on any atom is -0.457 e. The summed E-state index contributed by atoms with van der Waals surface area (Å²) in [5, 5.41) is 10.4. The average Bonchev–Trinajstić information content (AvgIpc) is 3.43. The maximum absolute atomic E-state index is 12.9. The van der Waals surface area contributed by atoms with Crippen molar-refractivity contribution in [2.45, 2.75) is 13.0 Å². The number of carbonyl (C=O) groups is 3. The van der Waals surface area contributed by atoms with Crippen molar-refractivity contribution in [1.29, 1.82) is 0 Å². The molecule has 1 aromatic heterocycles. The van der Waals surface area contributed by atoms with E-state index in [-0.39, 0.29) is 23.0 Å². The van der Waals surface area contributed by atoms with Crippen LogP contribution in [0.3, 0.4) is 0 Å². The van der Waals surface area contributed by atoms with E-state index >= 15 is 0 Å². The number of thioether (sulfide) groups is 1. The van der Waals surface area contributed by atoms with Gasteiger partial charge in [0.15, 0.2) is 0 Å². The summed E-state index contributed by atoms with van der Waals surface area (Å²) in [5.41, 5.74) is 2.81. The van der Waals surface area contributed by atoms with Crippen LogP contribution in [0.25, 0.3) is 17.4 Å². The Balaban J connectivity index is 1.28. The molecule has 182 valence electrons. The van der Waals surface area contributed by atoms with E-state index in [1.54, 1.807) is 23.1 Å². The first-order valence-electron chi connectivity index (χ1n) is 10.9. The molecule has 0 spiro atoms. The average molecular weight is 568 g/mol. The largest absolute Gasteiger partial charge is 0.457 e. The Kier molecular flexibility index (Phi) is 6.50. The van der Waals surface area contributed by atoms with Crippen LogP contribution in [0.1, 0.15) is 16.9 Å². The summed E-state index contributed by atoms with van der Waals surface area (Å²) in [7, 11) is 0. The Morgan fingerprint density at radius 2 is 1.92 bits per heavy atom. The molecule has 2 aromatic carbocycles. The number of hydrogen-bond donors (Lipinski definition) is 0. The minimum atomic E-state index is -0.551. The van der Waals surface area contributed by atoms with Gasteiger partial charge in [-0.05, 0) is 63.4 Å². The normalized spacial score (nSPS) is 16.5. The number of imide groups is 1. The first kappa shape index (κ1) is 24.0. The van der Waals surface area contributed by atoms with Crippen molar-refractivity contribution in [3.05, 3.63) is 91.0 Å². The molecule has 0 saturated carbocycles. The molecule has 5 rings (SSSR count). The molecule has 36 heavy (non-hydrogen) atoms. The fourth-order valence-electron chi connectivity index (χ4n) is 4.10. The van der Waals surface area contributed by atoms with Crippen LogP contribution >= 0.6 is 27.7 Å². The number of non-ortho nitro benzene ring substituents is 1. The number of fused-ring (bicyclic) bond motifs is 1. The Bertz CT molecular complexity index is 1450. The van der Waals surface area contributed by atoms with Crippen LogP contribution in [0, 0.1) is 10.1 Å². The second kappa shape index (κ2) is 9.75. The molecule has 0 unspecified atom stereocenters. The van der Waals surface area contributed by atoms with Crippen LogP contribution in [-0.4, -0.2) is 44.9 Å². The lowest BCUT2D eigenvalue weighted by molar-refractivity contribution is -0.384. The van der Waals surface area contributed by atoms with Crippen LogP contribution in [-0.2, 0) is 22.6 Å². The molecule has 3 aromatic rings. The van der Waals surface area contributed by atoms with Crippen molar-refractivity contribution >= 4 is 56.5 Å². The highest BCUT2D eigenvalue weighted by atomic mass is 79.9. The van der Waals surface area contributed by atoms with Gasteiger partial charge in [-0.3, -0.25) is 29.4 Å². The van der Waals surface area contributed by atoms with Gasteiger partial charge in [0.1, 0.15) is 18.1 Å². The number of nitro benzene ring substituents is 1. The van der Waals surface area contributed by atoms with Crippen molar-refractivity contribution in [3.63, 3.8) is 0 Å². The van der Waals surface area contributed by atoms with E-state index < -0.39 is 16.1 Å². The van der Waals surface area contributed by atoms with Crippen molar-refractivity contribution in [2.75, 3.05) is 13.1 Å². The number of nitro groups is 1. The van der Waals surface area contributed by atoms with Crippen LogP contribution in [0.2, 0.25) is 0 Å². The molecule has 0 atom stereocenters. The Labute approximate surface area is 218 Å². The van der Waals surface area contributed by atoms with Gasteiger partial charge in [0.05, 0.1) is 9.83 Å². The third-order valence-corrected chi connectivity index (χ3v) is 7.54. The monoisotopic (exact) mass is 567 g/mol. The van der Waals surface area contributed by atoms with E-state index in [0.29, 0.717) is 34.6 Å². The van der Waals surface area contributed by atoms with Gasteiger partial charge in [-0.15, -0.1) is 0 Å². The van der Waals surface area contributed by atoms with E-state index in [1.807, 2.05) is 24.3 Å². The third kappa shape index (κ3) is 4.71. The molecular weight excluding hydrogens is 550 g/mol. The van der Waals surface area contributed by atoms with Crippen LogP contribution in [0.4, 0.5) is 10.5 Å². The highest BCUT2D eigenvalue weighted by Crippen LogP contribution is 2.36. The second-order valence-electron chi connectivity index (χ2n) is 8.23. The Morgan fingerprint density at radius 1 is 1.14 bits per heavy atom. The molecule has 0 N–H and O–H groups in total. The zero-order valence-corrected chi connectivity index (χ0v) is 21.1. The SMILES string of the molecule is O=C(CN1C(=O)S/C(=C/c2ccc(-c3ccc([N+](=O)[O-])cc3Br)o2)C1=O)N1CCc2ccccc2C1. The molecule has 3 heterocycles. The Hall–Kier alpha value is -3.70. The number of halogens is 1. The summed E-state index contributed by atoms with van der Waals surface area (Å²) in [6.07, 6.45) is 2.19. The van der Waals surface area contributed by atoms with Gasteiger partial charge in [-0.25, -0.2) is 0 Å². The predicted octanol–water partition coefficient (Wildman–Crippen LogP) is 5.24. The van der Waals surface area contributed by atoms with E-state index in [1.165, 1.54) is 23.8 Å². The standard InChI is InChI=1S/C25H18BrN3O6S/c26-20-11-17(29(33)34)5-7-19(20)21-8-6-18(35-21)12-22-24(31)28(25(32)36-22)14-23(30)27-10-9-15-3-1-2-4-16(15)13-27/h1-8,11-12H,9-10,13-14H2/b22-12+. The number of carbonyl (C=O) groups excluding carboxylic acids is 3. The maximum Gasteiger partial charge on any atom is 0.294 e.